The van der Waals surface area contributed by atoms with E-state index in [1.54, 1.807) is 39.7 Å². The summed E-state index contributed by atoms with van der Waals surface area (Å²) in [4.78, 5) is 24.6. The van der Waals surface area contributed by atoms with Gasteiger partial charge in [0, 0.05) is 29.6 Å². The molecule has 3 aromatic rings. The number of benzene rings is 1. The van der Waals surface area contributed by atoms with Crippen LogP contribution in [0.4, 0.5) is 5.69 Å². The average Bonchev–Trinajstić information content (AvgIpc) is 2.96. The Hall–Kier alpha value is -2.53. The summed E-state index contributed by atoms with van der Waals surface area (Å²) in [6.07, 6.45) is 3.51. The lowest BCUT2D eigenvalue weighted by atomic mass is 10.2. The fourth-order valence-corrected chi connectivity index (χ4v) is 2.88. The van der Waals surface area contributed by atoms with Crippen molar-refractivity contribution < 1.29 is 4.79 Å². The first-order valence-corrected chi connectivity index (χ1v) is 8.12. The van der Waals surface area contributed by atoms with Gasteiger partial charge in [-0.25, -0.2) is 0 Å². The van der Waals surface area contributed by atoms with Crippen LogP contribution in [0, 0.1) is 6.92 Å². The van der Waals surface area contributed by atoms with Crippen LogP contribution in [0.15, 0.2) is 47.5 Å². The number of amides is 1. The number of hydrogen-bond acceptors (Lipinski definition) is 2. The third kappa shape index (κ3) is 2.95. The van der Waals surface area contributed by atoms with Crippen molar-refractivity contribution in [3.05, 3.63) is 63.7 Å². The highest BCUT2D eigenvalue weighted by atomic mass is 35.5. The van der Waals surface area contributed by atoms with Crippen molar-refractivity contribution >= 4 is 34.1 Å². The molecule has 0 fully saturated rings. The van der Waals surface area contributed by atoms with E-state index in [4.69, 9.17) is 11.6 Å². The van der Waals surface area contributed by atoms with Gasteiger partial charge in [0.05, 0.1) is 10.9 Å². The number of carbonyl (C=O) groups excluding carboxylic acids is 1. The number of halogens is 1. The molecule has 0 radical (unpaired) electrons. The first kappa shape index (κ1) is 16.3. The Balaban J connectivity index is 1.85. The van der Waals surface area contributed by atoms with Gasteiger partial charge in [-0.2, -0.15) is 0 Å². The maximum Gasteiger partial charge on any atom is 0.259 e. The number of rotatable bonds is 4. The van der Waals surface area contributed by atoms with Crippen LogP contribution in [0.1, 0.15) is 12.5 Å². The molecule has 1 aromatic carbocycles. The maximum absolute atomic E-state index is 12.3. The molecule has 124 valence electrons. The standard InChI is InChI=1S/C18H18ClN3O2/c1-3-21-10-8-16-13(18(21)24)7-9-22(16)11-17(23)20-15-6-4-5-14(19)12(15)2/h4-10H,3,11H2,1-2H3,(H,20,23). The van der Waals surface area contributed by atoms with Gasteiger partial charge in [0.15, 0.2) is 0 Å². The zero-order valence-corrected chi connectivity index (χ0v) is 14.3. The summed E-state index contributed by atoms with van der Waals surface area (Å²) in [6, 6.07) is 9.00. The molecule has 1 N–H and O–H groups in total. The fourth-order valence-electron chi connectivity index (χ4n) is 2.71. The molecule has 6 heteroatoms. The Morgan fingerprint density at radius 2 is 1.92 bits per heavy atom. The highest BCUT2D eigenvalue weighted by molar-refractivity contribution is 6.31. The van der Waals surface area contributed by atoms with Gasteiger partial charge in [-0.05, 0) is 43.7 Å². The molecule has 2 aromatic heterocycles. The molecule has 0 aliphatic rings. The van der Waals surface area contributed by atoms with E-state index < -0.39 is 0 Å². The number of nitrogens with one attached hydrogen (secondary N) is 1. The minimum atomic E-state index is -0.169. The van der Waals surface area contributed by atoms with E-state index in [1.165, 1.54) is 0 Å². The highest BCUT2D eigenvalue weighted by Gasteiger charge is 2.11. The second-order valence-electron chi connectivity index (χ2n) is 5.61. The summed E-state index contributed by atoms with van der Waals surface area (Å²) in [7, 11) is 0. The van der Waals surface area contributed by atoms with Gasteiger partial charge in [0.1, 0.15) is 6.54 Å². The lowest BCUT2D eigenvalue weighted by Crippen LogP contribution is -2.20. The number of fused-ring (bicyclic) bond motifs is 1. The number of pyridine rings is 1. The van der Waals surface area contributed by atoms with Gasteiger partial charge in [-0.15, -0.1) is 0 Å². The average molecular weight is 344 g/mol. The van der Waals surface area contributed by atoms with Gasteiger partial charge in [0.2, 0.25) is 5.91 Å². The van der Waals surface area contributed by atoms with E-state index >= 15 is 0 Å². The molecule has 1 amide bonds. The first-order valence-electron chi connectivity index (χ1n) is 7.74. The molecule has 2 heterocycles. The van der Waals surface area contributed by atoms with Gasteiger partial charge in [-0.1, -0.05) is 17.7 Å². The summed E-state index contributed by atoms with van der Waals surface area (Å²) in [5.41, 5.74) is 2.23. The van der Waals surface area contributed by atoms with E-state index in [0.717, 1.165) is 11.1 Å². The molecule has 24 heavy (non-hydrogen) atoms. The molecule has 0 atom stereocenters. The molecular weight excluding hydrogens is 326 g/mol. The van der Waals surface area contributed by atoms with Crippen LogP contribution >= 0.6 is 11.6 Å². The van der Waals surface area contributed by atoms with Crippen molar-refractivity contribution in [1.29, 1.82) is 0 Å². The summed E-state index contributed by atoms with van der Waals surface area (Å²) >= 11 is 6.07. The number of hydrogen-bond donors (Lipinski definition) is 1. The smallest absolute Gasteiger partial charge is 0.259 e. The van der Waals surface area contributed by atoms with E-state index in [0.29, 0.717) is 22.6 Å². The predicted molar refractivity (Wildman–Crippen MR) is 96.7 cm³/mol. The third-order valence-corrected chi connectivity index (χ3v) is 4.52. The first-order chi connectivity index (χ1) is 11.5. The van der Waals surface area contributed by atoms with Crippen molar-refractivity contribution in [2.75, 3.05) is 5.32 Å². The lowest BCUT2D eigenvalue weighted by molar-refractivity contribution is -0.116. The monoisotopic (exact) mass is 343 g/mol. The summed E-state index contributed by atoms with van der Waals surface area (Å²) < 4.78 is 3.41. The zero-order chi connectivity index (χ0) is 17.3. The molecule has 0 aliphatic heterocycles. The van der Waals surface area contributed by atoms with Gasteiger partial charge < -0.3 is 14.5 Å². The third-order valence-electron chi connectivity index (χ3n) is 4.11. The van der Waals surface area contributed by atoms with Crippen molar-refractivity contribution in [2.45, 2.75) is 26.9 Å². The summed E-state index contributed by atoms with van der Waals surface area (Å²) in [5.74, 6) is -0.169. The van der Waals surface area contributed by atoms with Gasteiger partial charge >= 0.3 is 0 Å². The molecule has 5 nitrogen and oxygen atoms in total. The molecule has 0 aliphatic carbocycles. The van der Waals surface area contributed by atoms with E-state index in [2.05, 4.69) is 5.32 Å². The Labute approximate surface area is 144 Å². The minimum absolute atomic E-state index is 0.0418. The van der Waals surface area contributed by atoms with Gasteiger partial charge in [0.25, 0.3) is 5.56 Å². The molecule has 0 saturated heterocycles. The normalized spacial score (nSPS) is 11.0. The van der Waals surface area contributed by atoms with Crippen molar-refractivity contribution in [3.63, 3.8) is 0 Å². The Morgan fingerprint density at radius 3 is 2.67 bits per heavy atom. The zero-order valence-electron chi connectivity index (χ0n) is 13.5. The van der Waals surface area contributed by atoms with Crippen LogP contribution in [0.5, 0.6) is 0 Å². The predicted octanol–water partition coefficient (Wildman–Crippen LogP) is 3.42. The lowest BCUT2D eigenvalue weighted by Gasteiger charge is -2.11. The number of aryl methyl sites for hydroxylation is 1. The van der Waals surface area contributed by atoms with Crippen LogP contribution < -0.4 is 10.9 Å². The van der Waals surface area contributed by atoms with E-state index in [1.807, 2.05) is 26.0 Å². The summed E-state index contributed by atoms with van der Waals surface area (Å²) in [5, 5.41) is 4.09. The van der Waals surface area contributed by atoms with Crippen molar-refractivity contribution in [1.82, 2.24) is 9.13 Å². The quantitative estimate of drug-likeness (QED) is 0.789. The van der Waals surface area contributed by atoms with Crippen LogP contribution in [0.2, 0.25) is 5.02 Å². The minimum Gasteiger partial charge on any atom is -0.338 e. The Bertz CT molecular complexity index is 972. The van der Waals surface area contributed by atoms with E-state index in [9.17, 15) is 9.59 Å². The Kier molecular flexibility index (Phi) is 4.44. The van der Waals surface area contributed by atoms with Crippen molar-refractivity contribution in [2.24, 2.45) is 0 Å². The molecule has 0 unspecified atom stereocenters. The van der Waals surface area contributed by atoms with Crippen LogP contribution in [-0.4, -0.2) is 15.0 Å². The number of anilines is 1. The molecule has 0 spiro atoms. The number of carbonyl (C=O) groups is 1. The van der Waals surface area contributed by atoms with Crippen molar-refractivity contribution in [3.8, 4) is 0 Å². The summed E-state index contributed by atoms with van der Waals surface area (Å²) in [6.45, 7) is 4.53. The molecule has 0 bridgehead atoms. The SMILES string of the molecule is CCn1ccc2c(ccn2CC(=O)Nc2cccc(Cl)c2C)c1=O. The van der Waals surface area contributed by atoms with Gasteiger partial charge in [-0.3, -0.25) is 9.59 Å². The Morgan fingerprint density at radius 1 is 1.17 bits per heavy atom. The van der Waals surface area contributed by atoms with Crippen LogP contribution in [0.3, 0.4) is 0 Å². The largest absolute Gasteiger partial charge is 0.338 e. The molecular formula is C18H18ClN3O2. The van der Waals surface area contributed by atoms with Crippen LogP contribution in [0.25, 0.3) is 10.9 Å². The molecule has 3 rings (SSSR count). The number of nitrogens with zero attached hydrogens (tertiary/aromatic N) is 2. The van der Waals surface area contributed by atoms with E-state index in [-0.39, 0.29) is 18.0 Å². The topological polar surface area (TPSA) is 56.0 Å². The number of aromatic nitrogens is 2. The van der Waals surface area contributed by atoms with Crippen LogP contribution in [-0.2, 0) is 17.9 Å². The molecule has 0 saturated carbocycles. The second-order valence-corrected chi connectivity index (χ2v) is 6.02. The highest BCUT2D eigenvalue weighted by Crippen LogP contribution is 2.23. The maximum atomic E-state index is 12.3. The fraction of sp³-hybridized carbons (Fsp3) is 0.222. The second kappa shape index (κ2) is 6.53.